The maximum Gasteiger partial charge on any atom is 0.357 e. The summed E-state index contributed by atoms with van der Waals surface area (Å²) in [6.45, 7) is 7.94. The molecule has 2 rings (SSSR count). The van der Waals surface area contributed by atoms with E-state index in [4.69, 9.17) is 4.74 Å². The van der Waals surface area contributed by atoms with Gasteiger partial charge in [-0.15, -0.1) is 17.9 Å². The van der Waals surface area contributed by atoms with E-state index in [0.717, 1.165) is 41.3 Å². The van der Waals surface area contributed by atoms with Gasteiger partial charge in [0.1, 0.15) is 5.78 Å². The summed E-state index contributed by atoms with van der Waals surface area (Å²) >= 11 is 3.01. The van der Waals surface area contributed by atoms with E-state index in [9.17, 15) is 14.7 Å². The van der Waals surface area contributed by atoms with Crippen LogP contribution < -0.4 is 0 Å². The zero-order valence-corrected chi connectivity index (χ0v) is 18.9. The van der Waals surface area contributed by atoms with Crippen LogP contribution in [0.4, 0.5) is 0 Å². The van der Waals surface area contributed by atoms with E-state index in [2.05, 4.69) is 17.6 Å². The number of nitrogens with zero attached hydrogens (tertiary/aromatic N) is 1. The number of Topliss-reactive ketones (excluding diaryl/α,β-unsaturated/α-hetero) is 1. The smallest absolute Gasteiger partial charge is 0.357 e. The number of aliphatic hydroxyl groups excluding tert-OH is 1. The van der Waals surface area contributed by atoms with Crippen LogP contribution in [-0.4, -0.2) is 40.3 Å². The molecule has 29 heavy (non-hydrogen) atoms. The Morgan fingerprint density at radius 1 is 1.55 bits per heavy atom. The molecule has 5 nitrogen and oxygen atoms in total. The number of ether oxygens (including phenoxy) is 1. The van der Waals surface area contributed by atoms with E-state index in [-0.39, 0.29) is 17.9 Å². The Kier molecular flexibility index (Phi) is 10.1. The van der Waals surface area contributed by atoms with Gasteiger partial charge in [-0.2, -0.15) is 0 Å². The maximum atomic E-state index is 12.3. The van der Waals surface area contributed by atoms with Gasteiger partial charge in [0, 0.05) is 23.5 Å². The van der Waals surface area contributed by atoms with E-state index < -0.39 is 5.97 Å². The van der Waals surface area contributed by atoms with Gasteiger partial charge in [-0.1, -0.05) is 29.5 Å². The molecule has 0 aromatic carbocycles. The molecule has 1 aliphatic carbocycles. The highest BCUT2D eigenvalue weighted by Crippen LogP contribution is 2.35. The summed E-state index contributed by atoms with van der Waals surface area (Å²) in [5.41, 5.74) is 1.43. The van der Waals surface area contributed by atoms with Gasteiger partial charge in [-0.25, -0.2) is 9.78 Å². The normalized spacial score (nSPS) is 20.3. The molecule has 0 aliphatic heterocycles. The number of thiazole rings is 1. The van der Waals surface area contributed by atoms with Crippen molar-refractivity contribution in [2.75, 3.05) is 12.4 Å². The van der Waals surface area contributed by atoms with Crippen molar-refractivity contribution >= 4 is 34.9 Å². The first-order valence-electron chi connectivity index (χ1n) is 10.2. The predicted octanol–water partition coefficient (Wildman–Crippen LogP) is 5.06. The van der Waals surface area contributed by atoms with Crippen molar-refractivity contribution in [2.24, 2.45) is 11.8 Å². The SMILES string of the molecule is C=C(C)CC[C@@H](O)CC=C[C@H]1CCC(=O)[C@@H]1CCSc1nc(C(=O)OCC)cs1. The van der Waals surface area contributed by atoms with Crippen LogP contribution in [0, 0.1) is 11.8 Å². The van der Waals surface area contributed by atoms with E-state index in [1.165, 1.54) is 11.3 Å². The fourth-order valence-electron chi connectivity index (χ4n) is 3.38. The Labute approximate surface area is 181 Å². The molecule has 0 spiro atoms. The molecule has 1 aliphatic rings. The lowest BCUT2D eigenvalue weighted by molar-refractivity contribution is -0.121. The molecular weight excluding hydrogens is 406 g/mol. The van der Waals surface area contributed by atoms with Gasteiger partial charge in [0.2, 0.25) is 0 Å². The topological polar surface area (TPSA) is 76.5 Å². The number of aliphatic hydroxyl groups is 1. The second kappa shape index (κ2) is 12.3. The van der Waals surface area contributed by atoms with Gasteiger partial charge >= 0.3 is 5.97 Å². The van der Waals surface area contributed by atoms with Gasteiger partial charge in [0.25, 0.3) is 0 Å². The highest BCUT2D eigenvalue weighted by molar-refractivity contribution is 8.01. The van der Waals surface area contributed by atoms with Crippen LogP contribution in [0.5, 0.6) is 0 Å². The molecule has 1 heterocycles. The number of hydrogen-bond donors (Lipinski definition) is 1. The average Bonchev–Trinajstić information content (AvgIpc) is 3.28. The third-order valence-electron chi connectivity index (χ3n) is 4.97. The highest BCUT2D eigenvalue weighted by Gasteiger charge is 2.32. The minimum Gasteiger partial charge on any atom is -0.461 e. The van der Waals surface area contributed by atoms with Crippen molar-refractivity contribution in [2.45, 2.75) is 62.8 Å². The molecule has 0 bridgehead atoms. The summed E-state index contributed by atoms with van der Waals surface area (Å²) in [4.78, 5) is 28.3. The van der Waals surface area contributed by atoms with Crippen LogP contribution in [0.3, 0.4) is 0 Å². The summed E-state index contributed by atoms with van der Waals surface area (Å²) in [7, 11) is 0. The van der Waals surface area contributed by atoms with Gasteiger partial charge in [-0.3, -0.25) is 4.79 Å². The average molecular weight is 438 g/mol. The molecule has 1 aromatic rings. The molecule has 1 aromatic heterocycles. The first kappa shape index (κ1) is 23.8. The number of ketones is 1. The first-order valence-corrected chi connectivity index (χ1v) is 12.0. The molecule has 0 unspecified atom stereocenters. The number of thioether (sulfide) groups is 1. The second-order valence-electron chi connectivity index (χ2n) is 7.45. The Morgan fingerprint density at radius 3 is 3.07 bits per heavy atom. The third-order valence-corrected chi connectivity index (χ3v) is 7.03. The Morgan fingerprint density at radius 2 is 2.34 bits per heavy atom. The molecule has 7 heteroatoms. The lowest BCUT2D eigenvalue weighted by Crippen LogP contribution is -2.14. The zero-order valence-electron chi connectivity index (χ0n) is 17.3. The molecule has 160 valence electrons. The van der Waals surface area contributed by atoms with Gasteiger partial charge in [-0.05, 0) is 51.9 Å². The largest absolute Gasteiger partial charge is 0.461 e. The molecule has 1 saturated carbocycles. The van der Waals surface area contributed by atoms with Crippen molar-refractivity contribution in [1.82, 2.24) is 4.98 Å². The quantitative estimate of drug-likeness (QED) is 0.280. The van der Waals surface area contributed by atoms with Crippen LogP contribution in [0.2, 0.25) is 0 Å². The number of allylic oxidation sites excluding steroid dienone is 2. The Balaban J connectivity index is 1.78. The fourth-order valence-corrected chi connectivity index (χ4v) is 5.26. The number of carbonyl (C=O) groups is 2. The Hall–Kier alpha value is -1.44. The summed E-state index contributed by atoms with van der Waals surface area (Å²) in [5, 5.41) is 11.7. The second-order valence-corrected chi connectivity index (χ2v) is 9.65. The minimum absolute atomic E-state index is 0.0378. The zero-order chi connectivity index (χ0) is 21.2. The number of carbonyl (C=O) groups excluding carboxylic acids is 2. The van der Waals surface area contributed by atoms with Crippen LogP contribution >= 0.6 is 23.1 Å². The molecule has 0 amide bonds. The van der Waals surface area contributed by atoms with E-state index in [0.29, 0.717) is 30.9 Å². The number of rotatable bonds is 12. The van der Waals surface area contributed by atoms with Gasteiger partial charge in [0.05, 0.1) is 12.7 Å². The van der Waals surface area contributed by atoms with Crippen molar-refractivity contribution < 1.29 is 19.4 Å². The number of esters is 1. The van der Waals surface area contributed by atoms with Crippen molar-refractivity contribution in [3.8, 4) is 0 Å². The Bertz CT molecular complexity index is 728. The number of hydrogen-bond acceptors (Lipinski definition) is 7. The van der Waals surface area contributed by atoms with E-state index in [1.807, 2.05) is 13.0 Å². The third kappa shape index (κ3) is 8.07. The lowest BCUT2D eigenvalue weighted by Gasteiger charge is -2.15. The molecular formula is C22H31NO4S2. The first-order chi connectivity index (χ1) is 13.9. The van der Waals surface area contributed by atoms with Crippen LogP contribution in [0.25, 0.3) is 0 Å². The van der Waals surface area contributed by atoms with Gasteiger partial charge in [0.15, 0.2) is 10.0 Å². The molecule has 3 atom stereocenters. The monoisotopic (exact) mass is 437 g/mol. The minimum atomic E-state index is -0.391. The van der Waals surface area contributed by atoms with E-state index in [1.54, 1.807) is 24.1 Å². The van der Waals surface area contributed by atoms with E-state index >= 15 is 0 Å². The molecule has 0 saturated heterocycles. The van der Waals surface area contributed by atoms with Crippen LogP contribution in [-0.2, 0) is 9.53 Å². The highest BCUT2D eigenvalue weighted by atomic mass is 32.2. The van der Waals surface area contributed by atoms with Crippen LogP contribution in [0.15, 0.2) is 34.0 Å². The maximum absolute atomic E-state index is 12.3. The lowest BCUT2D eigenvalue weighted by atomic mass is 9.92. The van der Waals surface area contributed by atoms with Crippen molar-refractivity contribution in [3.05, 3.63) is 35.4 Å². The van der Waals surface area contributed by atoms with Crippen LogP contribution in [0.1, 0.15) is 62.9 Å². The standard InChI is InChI=1S/C22H31NO4S2/c1-4-27-21(26)19-14-29-22(23-19)28-13-12-18-16(9-11-20(18)25)6-5-7-17(24)10-8-15(2)3/h5-6,14,16-18,24H,2,4,7-13H2,1,3H3/t16-,17-,18+/m0/s1. The molecule has 0 radical (unpaired) electrons. The molecule has 1 N–H and O–H groups in total. The molecule has 1 fully saturated rings. The summed E-state index contributed by atoms with van der Waals surface area (Å²) < 4.78 is 5.78. The van der Waals surface area contributed by atoms with Crippen molar-refractivity contribution in [1.29, 1.82) is 0 Å². The summed E-state index contributed by atoms with van der Waals surface area (Å²) in [6, 6.07) is 0. The van der Waals surface area contributed by atoms with Gasteiger partial charge < -0.3 is 9.84 Å². The summed E-state index contributed by atoms with van der Waals surface area (Å²) in [5.74, 6) is 1.02. The number of aromatic nitrogens is 1. The summed E-state index contributed by atoms with van der Waals surface area (Å²) in [6.07, 6.45) is 8.29. The van der Waals surface area contributed by atoms with Crippen molar-refractivity contribution in [3.63, 3.8) is 0 Å². The predicted molar refractivity (Wildman–Crippen MR) is 118 cm³/mol. The fraction of sp³-hybridized carbons (Fsp3) is 0.591.